The zero-order valence-electron chi connectivity index (χ0n) is 6.47. The van der Waals surface area contributed by atoms with E-state index in [1.54, 1.807) is 6.92 Å². The summed E-state index contributed by atoms with van der Waals surface area (Å²) in [4.78, 5) is 14.7. The van der Waals surface area contributed by atoms with Gasteiger partial charge in [0, 0.05) is 10.7 Å². The Labute approximate surface area is 78.1 Å². The molecule has 4 nitrogen and oxygen atoms in total. The Morgan fingerprint density at radius 3 is 2.67 bits per heavy atom. The standard InChI is InChI=1S/C7H8BrN3O/c1-3-4(8)2-11-6(9)5(3)7(10)12/h2H,1H3,(H2,9,11)(H2,10,12). The Bertz CT molecular complexity index is 338. The van der Waals surface area contributed by atoms with E-state index in [9.17, 15) is 4.79 Å². The summed E-state index contributed by atoms with van der Waals surface area (Å²) in [7, 11) is 0. The molecule has 0 atom stereocenters. The molecule has 0 fully saturated rings. The van der Waals surface area contributed by atoms with Crippen LogP contribution in [0.2, 0.25) is 0 Å². The lowest BCUT2D eigenvalue weighted by Crippen LogP contribution is -2.16. The van der Waals surface area contributed by atoms with Crippen molar-refractivity contribution >= 4 is 27.7 Å². The van der Waals surface area contributed by atoms with Gasteiger partial charge in [0.05, 0.1) is 5.56 Å². The van der Waals surface area contributed by atoms with Gasteiger partial charge >= 0.3 is 0 Å². The SMILES string of the molecule is Cc1c(Br)cnc(N)c1C(N)=O. The number of hydrogen-bond donors (Lipinski definition) is 2. The summed E-state index contributed by atoms with van der Waals surface area (Å²) in [5.41, 5.74) is 11.6. The number of rotatable bonds is 1. The van der Waals surface area contributed by atoms with Crippen LogP contribution in [0.3, 0.4) is 0 Å². The molecule has 5 heteroatoms. The topological polar surface area (TPSA) is 82.0 Å². The third-order valence-electron chi connectivity index (χ3n) is 1.55. The first-order chi connectivity index (χ1) is 5.54. The molecule has 0 saturated heterocycles. The molecule has 0 aromatic carbocycles. The van der Waals surface area contributed by atoms with Crippen molar-refractivity contribution in [1.29, 1.82) is 0 Å². The maximum Gasteiger partial charge on any atom is 0.252 e. The average Bonchev–Trinajstić information content (AvgIpc) is 1.97. The van der Waals surface area contributed by atoms with E-state index in [2.05, 4.69) is 20.9 Å². The predicted octanol–water partition coefficient (Wildman–Crippen LogP) is 0.834. The number of nitrogens with two attached hydrogens (primary N) is 2. The normalized spacial score (nSPS) is 9.83. The predicted molar refractivity (Wildman–Crippen MR) is 49.6 cm³/mol. The minimum Gasteiger partial charge on any atom is -0.383 e. The van der Waals surface area contributed by atoms with Gasteiger partial charge in [-0.3, -0.25) is 4.79 Å². The molecule has 0 spiro atoms. The second-order valence-corrected chi connectivity index (χ2v) is 3.21. The van der Waals surface area contributed by atoms with Crippen LogP contribution in [0.15, 0.2) is 10.7 Å². The van der Waals surface area contributed by atoms with Crippen LogP contribution in [0.25, 0.3) is 0 Å². The van der Waals surface area contributed by atoms with Crippen LogP contribution in [0.5, 0.6) is 0 Å². The summed E-state index contributed by atoms with van der Waals surface area (Å²) in [6.07, 6.45) is 1.54. The largest absolute Gasteiger partial charge is 0.383 e. The van der Waals surface area contributed by atoms with Crippen molar-refractivity contribution < 1.29 is 4.79 Å². The molecule has 0 saturated carbocycles. The zero-order chi connectivity index (χ0) is 9.30. The van der Waals surface area contributed by atoms with Gasteiger partial charge in [-0.2, -0.15) is 0 Å². The highest BCUT2D eigenvalue weighted by Crippen LogP contribution is 2.21. The molecule has 4 N–H and O–H groups in total. The molecule has 12 heavy (non-hydrogen) atoms. The van der Waals surface area contributed by atoms with Gasteiger partial charge in [-0.25, -0.2) is 4.98 Å². The molecular weight excluding hydrogens is 222 g/mol. The number of nitrogen functional groups attached to an aromatic ring is 1. The summed E-state index contributed by atoms with van der Waals surface area (Å²) >= 11 is 3.22. The molecule has 0 bridgehead atoms. The molecule has 0 aliphatic heterocycles. The highest BCUT2D eigenvalue weighted by atomic mass is 79.9. The number of pyridine rings is 1. The number of nitrogens with zero attached hydrogens (tertiary/aromatic N) is 1. The van der Waals surface area contributed by atoms with Crippen LogP contribution in [0.4, 0.5) is 5.82 Å². The minimum absolute atomic E-state index is 0.170. The van der Waals surface area contributed by atoms with Gasteiger partial charge in [-0.1, -0.05) is 0 Å². The molecule has 1 rings (SSSR count). The number of hydrogen-bond acceptors (Lipinski definition) is 3. The van der Waals surface area contributed by atoms with E-state index in [4.69, 9.17) is 11.5 Å². The lowest BCUT2D eigenvalue weighted by Gasteiger charge is -2.05. The van der Waals surface area contributed by atoms with E-state index in [1.165, 1.54) is 6.20 Å². The van der Waals surface area contributed by atoms with Crippen LogP contribution in [-0.4, -0.2) is 10.9 Å². The van der Waals surface area contributed by atoms with Crippen molar-refractivity contribution in [2.75, 3.05) is 5.73 Å². The highest BCUT2D eigenvalue weighted by molar-refractivity contribution is 9.10. The summed E-state index contributed by atoms with van der Waals surface area (Å²) in [6.45, 7) is 1.75. The van der Waals surface area contributed by atoms with Crippen LogP contribution < -0.4 is 11.5 Å². The van der Waals surface area contributed by atoms with Gasteiger partial charge in [0.25, 0.3) is 5.91 Å². The second-order valence-electron chi connectivity index (χ2n) is 2.36. The van der Waals surface area contributed by atoms with Crippen molar-refractivity contribution in [3.8, 4) is 0 Å². The summed E-state index contributed by atoms with van der Waals surface area (Å²) < 4.78 is 0.727. The third-order valence-corrected chi connectivity index (χ3v) is 2.35. The van der Waals surface area contributed by atoms with Crippen LogP contribution in [0, 0.1) is 6.92 Å². The summed E-state index contributed by atoms with van der Waals surface area (Å²) in [6, 6.07) is 0. The van der Waals surface area contributed by atoms with Crippen LogP contribution in [-0.2, 0) is 0 Å². The fraction of sp³-hybridized carbons (Fsp3) is 0.143. The fourth-order valence-electron chi connectivity index (χ4n) is 0.910. The number of amides is 1. The fourth-order valence-corrected chi connectivity index (χ4v) is 1.21. The molecule has 1 amide bonds. The molecule has 0 radical (unpaired) electrons. The third kappa shape index (κ3) is 1.40. The number of halogens is 1. The van der Waals surface area contributed by atoms with Crippen molar-refractivity contribution in [1.82, 2.24) is 4.98 Å². The molecule has 1 aromatic heterocycles. The Kier molecular flexibility index (Phi) is 2.32. The van der Waals surface area contributed by atoms with Gasteiger partial charge in [-0.15, -0.1) is 0 Å². The molecular formula is C7H8BrN3O. The minimum atomic E-state index is -0.557. The Balaban J connectivity index is 3.43. The molecule has 0 aliphatic carbocycles. The lowest BCUT2D eigenvalue weighted by atomic mass is 10.1. The van der Waals surface area contributed by atoms with Crippen molar-refractivity contribution in [2.45, 2.75) is 6.92 Å². The first-order valence-corrected chi connectivity index (χ1v) is 4.03. The molecule has 0 unspecified atom stereocenters. The first kappa shape index (κ1) is 8.99. The number of anilines is 1. The average molecular weight is 230 g/mol. The maximum absolute atomic E-state index is 10.9. The van der Waals surface area contributed by atoms with E-state index in [1.807, 2.05) is 0 Å². The quantitative estimate of drug-likeness (QED) is 0.749. The van der Waals surface area contributed by atoms with Gasteiger partial charge in [0.2, 0.25) is 0 Å². The molecule has 1 heterocycles. The number of carbonyl (C=O) groups excluding carboxylic acids is 1. The van der Waals surface area contributed by atoms with E-state index in [-0.39, 0.29) is 11.4 Å². The Morgan fingerprint density at radius 1 is 1.67 bits per heavy atom. The van der Waals surface area contributed by atoms with E-state index in [0.717, 1.165) is 10.0 Å². The van der Waals surface area contributed by atoms with Crippen LogP contribution in [0.1, 0.15) is 15.9 Å². The van der Waals surface area contributed by atoms with Crippen molar-refractivity contribution in [3.63, 3.8) is 0 Å². The van der Waals surface area contributed by atoms with Gasteiger partial charge in [-0.05, 0) is 28.4 Å². The first-order valence-electron chi connectivity index (χ1n) is 3.24. The number of aromatic nitrogens is 1. The van der Waals surface area contributed by atoms with Gasteiger partial charge in [0.15, 0.2) is 0 Å². The van der Waals surface area contributed by atoms with Crippen LogP contribution >= 0.6 is 15.9 Å². The number of carbonyl (C=O) groups is 1. The van der Waals surface area contributed by atoms with Gasteiger partial charge < -0.3 is 11.5 Å². The molecule has 0 aliphatic rings. The monoisotopic (exact) mass is 229 g/mol. The van der Waals surface area contributed by atoms with Crippen molar-refractivity contribution in [3.05, 3.63) is 21.8 Å². The van der Waals surface area contributed by atoms with E-state index < -0.39 is 5.91 Å². The zero-order valence-corrected chi connectivity index (χ0v) is 8.05. The smallest absolute Gasteiger partial charge is 0.252 e. The Hall–Kier alpha value is -1.10. The van der Waals surface area contributed by atoms with Gasteiger partial charge in [0.1, 0.15) is 5.82 Å². The molecule has 1 aromatic rings. The van der Waals surface area contributed by atoms with E-state index >= 15 is 0 Å². The summed E-state index contributed by atoms with van der Waals surface area (Å²) in [5.74, 6) is -0.387. The van der Waals surface area contributed by atoms with E-state index in [0.29, 0.717) is 0 Å². The lowest BCUT2D eigenvalue weighted by molar-refractivity contribution is 0.100. The number of primary amides is 1. The summed E-state index contributed by atoms with van der Waals surface area (Å²) in [5, 5.41) is 0. The Morgan fingerprint density at radius 2 is 2.25 bits per heavy atom. The van der Waals surface area contributed by atoms with Crippen molar-refractivity contribution in [2.24, 2.45) is 5.73 Å². The molecule has 64 valence electrons. The second kappa shape index (κ2) is 3.10. The maximum atomic E-state index is 10.9. The highest BCUT2D eigenvalue weighted by Gasteiger charge is 2.12.